The first-order valence-corrected chi connectivity index (χ1v) is 7.05. The van der Waals surface area contributed by atoms with E-state index in [-0.39, 0.29) is 11.3 Å². The average Bonchev–Trinajstić information content (AvgIpc) is 2.38. The monoisotopic (exact) mass is 260 g/mol. The minimum absolute atomic E-state index is 0.0741. The first-order valence-electron chi connectivity index (χ1n) is 7.05. The minimum Gasteiger partial charge on any atom is -0.366 e. The van der Waals surface area contributed by atoms with Crippen LogP contribution in [-0.4, -0.2) is 24.4 Å². The number of hydrogen-bond donors (Lipinski definition) is 1. The molecule has 0 amide bonds. The van der Waals surface area contributed by atoms with E-state index >= 15 is 0 Å². The average molecular weight is 260 g/mol. The predicted molar refractivity (Wildman–Crippen MR) is 79.6 cm³/mol. The number of piperidine rings is 1. The number of carbonyl (C=O) groups excluding carboxylic acids is 1. The summed E-state index contributed by atoms with van der Waals surface area (Å²) in [5.74, 6) is 0.637. The number of ketones is 1. The zero-order chi connectivity index (χ0) is 14.0. The number of benzene rings is 1. The summed E-state index contributed by atoms with van der Waals surface area (Å²) in [5.41, 5.74) is 7.95. The van der Waals surface area contributed by atoms with Crippen LogP contribution in [0.15, 0.2) is 24.3 Å². The smallest absolute Gasteiger partial charge is 0.159 e. The Morgan fingerprint density at radius 3 is 2.53 bits per heavy atom. The Bertz CT molecular complexity index is 450. The molecule has 104 valence electrons. The highest BCUT2D eigenvalue weighted by molar-refractivity contribution is 5.94. The second-order valence-electron chi connectivity index (χ2n) is 5.98. The molecule has 2 rings (SSSR count). The van der Waals surface area contributed by atoms with Gasteiger partial charge in [0.25, 0.3) is 0 Å². The van der Waals surface area contributed by atoms with Crippen molar-refractivity contribution in [1.29, 1.82) is 0 Å². The predicted octanol–water partition coefficient (Wildman–Crippen LogP) is 2.84. The number of hydrogen-bond acceptors (Lipinski definition) is 3. The van der Waals surface area contributed by atoms with E-state index in [9.17, 15) is 4.79 Å². The van der Waals surface area contributed by atoms with Gasteiger partial charge in [-0.15, -0.1) is 0 Å². The Balaban J connectivity index is 2.27. The fourth-order valence-electron chi connectivity index (χ4n) is 3.10. The summed E-state index contributed by atoms with van der Waals surface area (Å²) in [6, 6.07) is 7.94. The Labute approximate surface area is 115 Å². The van der Waals surface area contributed by atoms with E-state index in [0.29, 0.717) is 5.92 Å². The third-order valence-electron chi connectivity index (χ3n) is 4.50. The van der Waals surface area contributed by atoms with Crippen molar-refractivity contribution in [1.82, 2.24) is 0 Å². The molecule has 1 aromatic rings. The molecule has 0 spiro atoms. The lowest BCUT2D eigenvalue weighted by Gasteiger charge is -2.49. The number of anilines is 1. The van der Waals surface area contributed by atoms with Gasteiger partial charge in [-0.25, -0.2) is 0 Å². The van der Waals surface area contributed by atoms with Gasteiger partial charge in [-0.2, -0.15) is 0 Å². The molecule has 1 heterocycles. The Morgan fingerprint density at radius 1 is 1.37 bits per heavy atom. The Hall–Kier alpha value is -1.35. The molecule has 1 aliphatic rings. The SMILES string of the molecule is CC(=O)c1ccc(N2CCCC(CN)C2(C)C)cc1. The molecular weight excluding hydrogens is 236 g/mol. The van der Waals surface area contributed by atoms with Crippen LogP contribution in [0.1, 0.15) is 44.0 Å². The third kappa shape index (κ3) is 2.66. The van der Waals surface area contributed by atoms with E-state index in [1.54, 1.807) is 6.92 Å². The molecule has 1 saturated heterocycles. The lowest BCUT2D eigenvalue weighted by Crippen LogP contribution is -2.55. The summed E-state index contributed by atoms with van der Waals surface area (Å²) in [6.07, 6.45) is 2.38. The molecule has 19 heavy (non-hydrogen) atoms. The number of nitrogens with zero attached hydrogens (tertiary/aromatic N) is 1. The molecule has 1 unspecified atom stereocenters. The van der Waals surface area contributed by atoms with Crippen molar-refractivity contribution in [3.63, 3.8) is 0 Å². The van der Waals surface area contributed by atoms with Gasteiger partial charge in [0, 0.05) is 23.3 Å². The Morgan fingerprint density at radius 2 is 2.00 bits per heavy atom. The van der Waals surface area contributed by atoms with Crippen molar-refractivity contribution in [3.05, 3.63) is 29.8 Å². The van der Waals surface area contributed by atoms with Gasteiger partial charge in [0.1, 0.15) is 0 Å². The van der Waals surface area contributed by atoms with Gasteiger partial charge in [-0.05, 0) is 70.3 Å². The lowest BCUT2D eigenvalue weighted by molar-refractivity contribution is 0.101. The van der Waals surface area contributed by atoms with Crippen molar-refractivity contribution in [2.24, 2.45) is 11.7 Å². The molecule has 1 aliphatic heterocycles. The number of rotatable bonds is 3. The maximum absolute atomic E-state index is 11.3. The van der Waals surface area contributed by atoms with Crippen molar-refractivity contribution in [2.45, 2.75) is 39.2 Å². The van der Waals surface area contributed by atoms with E-state index in [1.165, 1.54) is 18.5 Å². The van der Waals surface area contributed by atoms with Gasteiger partial charge in [-0.1, -0.05) is 0 Å². The van der Waals surface area contributed by atoms with Crippen molar-refractivity contribution < 1.29 is 4.79 Å². The van der Waals surface area contributed by atoms with Crippen LogP contribution in [0.25, 0.3) is 0 Å². The highest BCUT2D eigenvalue weighted by Crippen LogP contribution is 2.36. The molecule has 1 aromatic carbocycles. The lowest BCUT2D eigenvalue weighted by atomic mass is 9.78. The van der Waals surface area contributed by atoms with Crippen LogP contribution < -0.4 is 10.6 Å². The third-order valence-corrected chi connectivity index (χ3v) is 4.50. The topological polar surface area (TPSA) is 46.3 Å². The molecule has 3 heteroatoms. The second-order valence-corrected chi connectivity index (χ2v) is 5.98. The van der Waals surface area contributed by atoms with Crippen LogP contribution in [0.2, 0.25) is 0 Å². The Kier molecular flexibility index (Phi) is 3.95. The highest BCUT2D eigenvalue weighted by Gasteiger charge is 2.37. The molecule has 2 N–H and O–H groups in total. The molecule has 0 aliphatic carbocycles. The standard InChI is InChI=1S/C16H24N2O/c1-12(19)13-6-8-15(9-7-13)18-10-4-5-14(11-17)16(18,2)3/h6-9,14H,4-5,10-11,17H2,1-3H3. The maximum atomic E-state index is 11.3. The largest absolute Gasteiger partial charge is 0.366 e. The number of Topliss-reactive ketones (excluding diaryl/α,β-unsaturated/α-hetero) is 1. The van der Waals surface area contributed by atoms with Gasteiger partial charge in [0.05, 0.1) is 0 Å². The molecule has 0 aromatic heterocycles. The zero-order valence-corrected chi connectivity index (χ0v) is 12.1. The van der Waals surface area contributed by atoms with Crippen molar-refractivity contribution in [3.8, 4) is 0 Å². The number of nitrogens with two attached hydrogens (primary N) is 1. The maximum Gasteiger partial charge on any atom is 0.159 e. The van der Waals surface area contributed by atoms with E-state index in [2.05, 4.69) is 30.9 Å². The molecule has 1 atom stereocenters. The summed E-state index contributed by atoms with van der Waals surface area (Å²) in [7, 11) is 0. The van der Waals surface area contributed by atoms with E-state index in [4.69, 9.17) is 5.73 Å². The van der Waals surface area contributed by atoms with E-state index < -0.39 is 0 Å². The van der Waals surface area contributed by atoms with Crippen LogP contribution in [0.5, 0.6) is 0 Å². The first kappa shape index (κ1) is 14.1. The summed E-state index contributed by atoms with van der Waals surface area (Å²) in [5, 5.41) is 0. The van der Waals surface area contributed by atoms with Crippen LogP contribution in [-0.2, 0) is 0 Å². The van der Waals surface area contributed by atoms with Gasteiger partial charge >= 0.3 is 0 Å². The number of carbonyl (C=O) groups is 1. The molecular formula is C16H24N2O. The zero-order valence-electron chi connectivity index (χ0n) is 12.1. The fraction of sp³-hybridized carbons (Fsp3) is 0.562. The fourth-order valence-corrected chi connectivity index (χ4v) is 3.10. The molecule has 0 radical (unpaired) electrons. The van der Waals surface area contributed by atoms with E-state index in [0.717, 1.165) is 18.7 Å². The van der Waals surface area contributed by atoms with Gasteiger partial charge in [0.2, 0.25) is 0 Å². The minimum atomic E-state index is 0.0741. The van der Waals surface area contributed by atoms with Crippen molar-refractivity contribution in [2.75, 3.05) is 18.0 Å². The highest BCUT2D eigenvalue weighted by atomic mass is 16.1. The van der Waals surface area contributed by atoms with Crippen LogP contribution in [0, 0.1) is 5.92 Å². The molecule has 3 nitrogen and oxygen atoms in total. The van der Waals surface area contributed by atoms with Gasteiger partial charge < -0.3 is 10.6 Å². The second kappa shape index (κ2) is 5.33. The van der Waals surface area contributed by atoms with Crippen LogP contribution in [0.4, 0.5) is 5.69 Å². The summed E-state index contributed by atoms with van der Waals surface area (Å²) >= 11 is 0. The van der Waals surface area contributed by atoms with Crippen LogP contribution in [0.3, 0.4) is 0 Å². The van der Waals surface area contributed by atoms with E-state index in [1.807, 2.05) is 12.1 Å². The molecule has 0 saturated carbocycles. The summed E-state index contributed by atoms with van der Waals surface area (Å²) in [4.78, 5) is 13.8. The molecule has 1 fully saturated rings. The van der Waals surface area contributed by atoms with Crippen LogP contribution >= 0.6 is 0 Å². The summed E-state index contributed by atoms with van der Waals surface area (Å²) in [6.45, 7) is 7.92. The normalized spacial score (nSPS) is 22.3. The van der Waals surface area contributed by atoms with Gasteiger partial charge in [-0.3, -0.25) is 4.79 Å². The van der Waals surface area contributed by atoms with Gasteiger partial charge in [0.15, 0.2) is 5.78 Å². The molecule has 0 bridgehead atoms. The van der Waals surface area contributed by atoms with Crippen molar-refractivity contribution >= 4 is 11.5 Å². The quantitative estimate of drug-likeness (QED) is 0.850. The summed E-state index contributed by atoms with van der Waals surface area (Å²) < 4.78 is 0. The first-order chi connectivity index (χ1) is 8.96.